The molecule has 0 aromatic carbocycles. The van der Waals surface area contributed by atoms with E-state index < -0.39 is 5.54 Å². The van der Waals surface area contributed by atoms with Gasteiger partial charge in [-0.1, -0.05) is 6.08 Å². The van der Waals surface area contributed by atoms with E-state index in [2.05, 4.69) is 25.2 Å². The fraction of sp³-hybridized carbons (Fsp3) is 0.455. The van der Waals surface area contributed by atoms with Gasteiger partial charge in [0.25, 0.3) is 5.91 Å². The smallest absolute Gasteiger partial charge is 0.268 e. The minimum Gasteiger partial charge on any atom is -0.394 e. The van der Waals surface area contributed by atoms with Crippen LogP contribution in [0.3, 0.4) is 0 Å². The van der Waals surface area contributed by atoms with Crippen molar-refractivity contribution in [2.45, 2.75) is 18.4 Å². The molecule has 5 rings (SSSR count). The highest BCUT2D eigenvalue weighted by molar-refractivity contribution is 6.39. The van der Waals surface area contributed by atoms with Crippen molar-refractivity contribution in [3.05, 3.63) is 30.7 Å². The van der Waals surface area contributed by atoms with Gasteiger partial charge in [0, 0.05) is 62.8 Å². The van der Waals surface area contributed by atoms with E-state index in [1.807, 2.05) is 6.08 Å². The van der Waals surface area contributed by atoms with Crippen molar-refractivity contribution in [1.29, 1.82) is 0 Å². The summed E-state index contributed by atoms with van der Waals surface area (Å²) in [6.07, 6.45) is 7.86. The number of nitrogens with one attached hydrogen (secondary N) is 1. The number of ether oxygens (including phenoxy) is 1. The number of morpholine rings is 1. The molecule has 0 saturated carbocycles. The highest BCUT2D eigenvalue weighted by Gasteiger charge is 2.41. The van der Waals surface area contributed by atoms with Crippen molar-refractivity contribution in [2.75, 3.05) is 62.0 Å². The quantitative estimate of drug-likeness (QED) is 0.534. The Morgan fingerprint density at radius 2 is 2.00 bits per heavy atom. The van der Waals surface area contributed by atoms with E-state index in [0.29, 0.717) is 81.0 Å². The van der Waals surface area contributed by atoms with E-state index in [1.54, 1.807) is 29.6 Å². The molecule has 0 bridgehead atoms. The number of aromatic nitrogens is 4. The summed E-state index contributed by atoms with van der Waals surface area (Å²) < 4.78 is 5.47. The molecule has 178 valence electrons. The van der Waals surface area contributed by atoms with Gasteiger partial charge >= 0.3 is 0 Å². The van der Waals surface area contributed by atoms with Crippen LogP contribution in [0.1, 0.15) is 12.8 Å². The zero-order chi connectivity index (χ0) is 23.5. The number of carbonyl (C=O) groups is 1. The van der Waals surface area contributed by atoms with E-state index in [9.17, 15) is 9.90 Å². The van der Waals surface area contributed by atoms with E-state index in [0.717, 1.165) is 0 Å². The zero-order valence-electron chi connectivity index (χ0n) is 18.7. The number of nitrogens with zero attached hydrogens (tertiary/aromatic N) is 7. The second kappa shape index (κ2) is 9.31. The molecule has 0 aliphatic carbocycles. The molecule has 5 heterocycles. The van der Waals surface area contributed by atoms with E-state index in [-0.39, 0.29) is 18.5 Å². The van der Waals surface area contributed by atoms with Gasteiger partial charge in [0.15, 0.2) is 0 Å². The van der Waals surface area contributed by atoms with Crippen LogP contribution < -0.4 is 16.0 Å². The average Bonchev–Trinajstić information content (AvgIpc) is 3.56. The number of likely N-dealkylation sites (tertiary alicyclic amines) is 1. The van der Waals surface area contributed by atoms with Gasteiger partial charge in [-0.05, 0) is 6.42 Å². The first-order chi connectivity index (χ1) is 16.5. The lowest BCUT2D eigenvalue weighted by molar-refractivity contribution is -0.123. The number of anilines is 3. The Morgan fingerprint density at radius 1 is 1.21 bits per heavy atom. The molecule has 0 unspecified atom stereocenters. The number of hydrogen-bond donors (Lipinski definition) is 3. The number of carbonyl (C=O) groups excluding carboxylic acids is 1. The number of aliphatic hydroxyl groups excluding tert-OH is 1. The first-order valence-electron chi connectivity index (χ1n) is 11.2. The molecular weight excluding hydrogens is 438 g/mol. The maximum atomic E-state index is 12.8. The minimum absolute atomic E-state index is 0.0986. The minimum atomic E-state index is -0.728. The van der Waals surface area contributed by atoms with Crippen LogP contribution in [0.15, 0.2) is 35.7 Å². The Labute approximate surface area is 196 Å². The highest BCUT2D eigenvalue weighted by atomic mass is 16.5. The van der Waals surface area contributed by atoms with Crippen LogP contribution in [0.5, 0.6) is 0 Å². The Balaban J connectivity index is 1.42. The van der Waals surface area contributed by atoms with Crippen molar-refractivity contribution in [2.24, 2.45) is 4.99 Å². The molecule has 1 amide bonds. The number of rotatable bonds is 6. The fourth-order valence-corrected chi connectivity index (χ4v) is 4.29. The van der Waals surface area contributed by atoms with E-state index in [4.69, 9.17) is 20.4 Å². The van der Waals surface area contributed by atoms with Gasteiger partial charge in [0.2, 0.25) is 11.9 Å². The SMILES string of the molecule is Nc1ncc(-c2cc(N[C@@]3(CO)CCN(C(=O)C4=NC=CC4)C3)nc(N3CCOCC3)n2)cn1. The molecule has 0 radical (unpaired) electrons. The second-order valence-corrected chi connectivity index (χ2v) is 8.57. The summed E-state index contributed by atoms with van der Waals surface area (Å²) in [5.74, 6) is 1.18. The van der Waals surface area contributed by atoms with Crippen molar-refractivity contribution in [3.8, 4) is 11.3 Å². The molecule has 12 nitrogen and oxygen atoms in total. The molecule has 1 atom stereocenters. The van der Waals surface area contributed by atoms with Gasteiger partial charge in [-0.15, -0.1) is 0 Å². The zero-order valence-corrected chi connectivity index (χ0v) is 18.7. The van der Waals surface area contributed by atoms with Crippen LogP contribution in [0, 0.1) is 0 Å². The van der Waals surface area contributed by atoms with Crippen LogP contribution in [0.25, 0.3) is 11.3 Å². The molecule has 4 N–H and O–H groups in total. The predicted octanol–water partition coefficient (Wildman–Crippen LogP) is 0.0861. The molecular formula is C22H27N9O3. The van der Waals surface area contributed by atoms with Crippen LogP contribution in [0.2, 0.25) is 0 Å². The van der Waals surface area contributed by atoms with Gasteiger partial charge in [-0.3, -0.25) is 9.79 Å². The molecule has 2 fully saturated rings. The number of amides is 1. The highest BCUT2D eigenvalue weighted by Crippen LogP contribution is 2.29. The normalized spacial score (nSPS) is 22.2. The molecule has 34 heavy (non-hydrogen) atoms. The monoisotopic (exact) mass is 465 g/mol. The number of hydrogen-bond acceptors (Lipinski definition) is 11. The summed E-state index contributed by atoms with van der Waals surface area (Å²) in [5.41, 5.74) is 6.77. The third-order valence-electron chi connectivity index (χ3n) is 6.21. The van der Waals surface area contributed by atoms with Crippen molar-refractivity contribution in [3.63, 3.8) is 0 Å². The maximum absolute atomic E-state index is 12.8. The number of allylic oxidation sites excluding steroid dienone is 1. The first-order valence-corrected chi connectivity index (χ1v) is 11.2. The van der Waals surface area contributed by atoms with Crippen molar-refractivity contribution >= 4 is 29.3 Å². The molecule has 2 aromatic heterocycles. The molecule has 3 aliphatic rings. The summed E-state index contributed by atoms with van der Waals surface area (Å²) in [6.45, 7) is 3.24. The summed E-state index contributed by atoms with van der Waals surface area (Å²) in [7, 11) is 0. The van der Waals surface area contributed by atoms with Gasteiger partial charge in [-0.2, -0.15) is 4.98 Å². The largest absolute Gasteiger partial charge is 0.394 e. The van der Waals surface area contributed by atoms with E-state index >= 15 is 0 Å². The molecule has 3 aliphatic heterocycles. The van der Waals surface area contributed by atoms with Crippen LogP contribution in [-0.4, -0.2) is 93.1 Å². The summed E-state index contributed by atoms with van der Waals surface area (Å²) in [4.78, 5) is 38.4. The Kier molecular flexibility index (Phi) is 6.07. The summed E-state index contributed by atoms with van der Waals surface area (Å²) in [5, 5.41) is 13.7. The lowest BCUT2D eigenvalue weighted by Gasteiger charge is -2.31. The van der Waals surface area contributed by atoms with E-state index in [1.165, 1.54) is 0 Å². The second-order valence-electron chi connectivity index (χ2n) is 8.57. The van der Waals surface area contributed by atoms with Crippen molar-refractivity contribution < 1.29 is 14.6 Å². The third kappa shape index (κ3) is 4.54. The number of aliphatic imine (C=N–C) groups is 1. The van der Waals surface area contributed by atoms with Crippen molar-refractivity contribution in [1.82, 2.24) is 24.8 Å². The average molecular weight is 466 g/mol. The summed E-state index contributed by atoms with van der Waals surface area (Å²) in [6, 6.07) is 1.80. The van der Waals surface area contributed by atoms with Gasteiger partial charge < -0.3 is 30.7 Å². The Bertz CT molecular complexity index is 1120. The van der Waals surface area contributed by atoms with Crippen LogP contribution in [0.4, 0.5) is 17.7 Å². The summed E-state index contributed by atoms with van der Waals surface area (Å²) >= 11 is 0. The standard InChI is InChI=1S/C22H27N9O3/c23-20-25-11-15(12-26-20)17-10-18(28-21(27-17)30-6-8-34-9-7-30)29-22(14-32)3-5-31(13-22)19(33)16-2-1-4-24-16/h1,4,10-12,32H,2-3,5-9,13-14H2,(H2,23,25,26)(H,27,28,29)/t22-/m0/s1. The third-order valence-corrected chi connectivity index (χ3v) is 6.21. The predicted molar refractivity (Wildman–Crippen MR) is 126 cm³/mol. The number of nitrogens with two attached hydrogens (primary N) is 1. The van der Waals surface area contributed by atoms with Gasteiger partial charge in [-0.25, -0.2) is 15.0 Å². The number of nitrogen functional groups attached to an aromatic ring is 1. The van der Waals surface area contributed by atoms with Gasteiger partial charge in [0.05, 0.1) is 31.1 Å². The molecule has 2 saturated heterocycles. The Hall–Kier alpha value is -3.64. The maximum Gasteiger partial charge on any atom is 0.268 e. The van der Waals surface area contributed by atoms with Crippen LogP contribution in [-0.2, 0) is 9.53 Å². The number of aliphatic hydroxyl groups is 1. The molecule has 2 aromatic rings. The lowest BCUT2D eigenvalue weighted by atomic mass is 10.00. The molecule has 12 heteroatoms. The van der Waals surface area contributed by atoms with Crippen LogP contribution >= 0.6 is 0 Å². The fourth-order valence-electron chi connectivity index (χ4n) is 4.29. The lowest BCUT2D eigenvalue weighted by Crippen LogP contribution is -2.47. The topological polar surface area (TPSA) is 155 Å². The first kappa shape index (κ1) is 22.2. The molecule has 0 spiro atoms. The Morgan fingerprint density at radius 3 is 2.71 bits per heavy atom. The van der Waals surface area contributed by atoms with Gasteiger partial charge in [0.1, 0.15) is 11.5 Å².